The summed E-state index contributed by atoms with van der Waals surface area (Å²) < 4.78 is 0. The van der Waals surface area contributed by atoms with Crippen LogP contribution in [0.2, 0.25) is 0 Å². The Kier molecular flexibility index (Phi) is 4.50. The van der Waals surface area contributed by atoms with Gasteiger partial charge in [-0.15, -0.1) is 0 Å². The number of benzene rings is 1. The fraction of sp³-hybridized carbons (Fsp3) is 0.462. The van der Waals surface area contributed by atoms with E-state index in [1.54, 1.807) is 0 Å². The van der Waals surface area contributed by atoms with Gasteiger partial charge in [0.2, 0.25) is 5.91 Å². The van der Waals surface area contributed by atoms with Crippen molar-refractivity contribution >= 4 is 5.91 Å². The lowest BCUT2D eigenvalue weighted by Gasteiger charge is -2.24. The smallest absolute Gasteiger partial charge is 0.234 e. The second-order valence-corrected chi connectivity index (χ2v) is 4.35. The van der Waals surface area contributed by atoms with E-state index in [0.717, 1.165) is 0 Å². The number of carbonyl (C=O) groups is 1. The lowest BCUT2D eigenvalue weighted by Crippen LogP contribution is -2.36. The van der Waals surface area contributed by atoms with Gasteiger partial charge in [-0.05, 0) is 24.0 Å². The first-order valence-corrected chi connectivity index (χ1v) is 5.61. The Morgan fingerprint density at radius 2 is 2.00 bits per heavy atom. The van der Waals surface area contributed by atoms with Gasteiger partial charge in [-0.25, -0.2) is 0 Å². The van der Waals surface area contributed by atoms with E-state index in [1.165, 1.54) is 11.1 Å². The molecule has 1 amide bonds. The van der Waals surface area contributed by atoms with E-state index in [0.29, 0.717) is 5.92 Å². The third-order valence-corrected chi connectivity index (χ3v) is 2.69. The summed E-state index contributed by atoms with van der Waals surface area (Å²) in [5.41, 5.74) is 7.68. The van der Waals surface area contributed by atoms with Crippen molar-refractivity contribution in [2.75, 3.05) is 6.54 Å². The minimum absolute atomic E-state index is 0.0368. The molecule has 1 aromatic carbocycles. The number of carbonyl (C=O) groups excluding carboxylic acids is 1. The van der Waals surface area contributed by atoms with Crippen LogP contribution in [0.25, 0.3) is 0 Å². The first-order valence-electron chi connectivity index (χ1n) is 5.61. The van der Waals surface area contributed by atoms with E-state index in [4.69, 9.17) is 5.73 Å². The molecule has 88 valence electrons. The largest absolute Gasteiger partial charge is 0.348 e. The van der Waals surface area contributed by atoms with Crippen LogP contribution in [0, 0.1) is 12.8 Å². The predicted octanol–water partition coefficient (Wildman–Crippen LogP) is 1.77. The van der Waals surface area contributed by atoms with Gasteiger partial charge >= 0.3 is 0 Å². The van der Waals surface area contributed by atoms with Crippen molar-refractivity contribution in [2.24, 2.45) is 11.7 Å². The summed E-state index contributed by atoms with van der Waals surface area (Å²) in [6.07, 6.45) is 0. The molecule has 0 spiro atoms. The number of aryl methyl sites for hydroxylation is 1. The Morgan fingerprint density at radius 3 is 2.50 bits per heavy atom. The van der Waals surface area contributed by atoms with Gasteiger partial charge in [0, 0.05) is 0 Å². The average molecular weight is 220 g/mol. The minimum Gasteiger partial charge on any atom is -0.348 e. The minimum atomic E-state index is -0.109. The number of amides is 1. The molecule has 0 aliphatic heterocycles. The lowest BCUT2D eigenvalue weighted by molar-refractivity contribution is -0.120. The van der Waals surface area contributed by atoms with Crippen molar-refractivity contribution < 1.29 is 4.79 Å². The zero-order chi connectivity index (χ0) is 12.1. The third-order valence-electron chi connectivity index (χ3n) is 2.69. The van der Waals surface area contributed by atoms with Gasteiger partial charge in [0.05, 0.1) is 12.6 Å². The Morgan fingerprint density at radius 1 is 1.38 bits per heavy atom. The fourth-order valence-electron chi connectivity index (χ4n) is 1.77. The molecule has 1 rings (SSSR count). The van der Waals surface area contributed by atoms with Crippen LogP contribution in [0.5, 0.6) is 0 Å². The fourth-order valence-corrected chi connectivity index (χ4v) is 1.77. The first-order chi connectivity index (χ1) is 7.56. The Balaban J connectivity index is 2.94. The quantitative estimate of drug-likeness (QED) is 0.812. The maximum Gasteiger partial charge on any atom is 0.234 e. The molecule has 0 aliphatic rings. The molecule has 1 aromatic rings. The van der Waals surface area contributed by atoms with Crippen molar-refractivity contribution in [3.8, 4) is 0 Å². The molecule has 3 N–H and O–H groups in total. The van der Waals surface area contributed by atoms with Crippen molar-refractivity contribution in [2.45, 2.75) is 26.8 Å². The number of nitrogens with one attached hydrogen (secondary N) is 1. The molecule has 0 saturated heterocycles. The second kappa shape index (κ2) is 5.66. The number of hydrogen-bond donors (Lipinski definition) is 2. The highest BCUT2D eigenvalue weighted by atomic mass is 16.1. The maximum atomic E-state index is 11.4. The molecule has 0 heterocycles. The topological polar surface area (TPSA) is 55.1 Å². The standard InChI is InChI=1S/C13H20N2O/c1-9(2)13(15-12(16)8-14)11-7-5-4-6-10(11)3/h4-7,9,13H,8,14H2,1-3H3,(H,15,16). The van der Waals surface area contributed by atoms with Crippen LogP contribution in [0.1, 0.15) is 31.0 Å². The maximum absolute atomic E-state index is 11.4. The molecule has 0 aliphatic carbocycles. The molecule has 0 radical (unpaired) electrons. The first kappa shape index (κ1) is 12.7. The van der Waals surface area contributed by atoms with Crippen molar-refractivity contribution in [3.05, 3.63) is 35.4 Å². The van der Waals surface area contributed by atoms with Crippen molar-refractivity contribution in [3.63, 3.8) is 0 Å². The highest BCUT2D eigenvalue weighted by Crippen LogP contribution is 2.24. The van der Waals surface area contributed by atoms with Gasteiger partial charge in [0.15, 0.2) is 0 Å². The van der Waals surface area contributed by atoms with Gasteiger partial charge in [-0.3, -0.25) is 4.79 Å². The molecule has 0 bridgehead atoms. The summed E-state index contributed by atoms with van der Waals surface area (Å²) >= 11 is 0. The number of nitrogens with two attached hydrogens (primary N) is 1. The number of hydrogen-bond acceptors (Lipinski definition) is 2. The van der Waals surface area contributed by atoms with Crippen LogP contribution in [0.3, 0.4) is 0 Å². The molecular formula is C13H20N2O. The third kappa shape index (κ3) is 3.07. The molecule has 1 unspecified atom stereocenters. The van der Waals surface area contributed by atoms with E-state index < -0.39 is 0 Å². The second-order valence-electron chi connectivity index (χ2n) is 4.35. The summed E-state index contributed by atoms with van der Waals surface area (Å²) in [5.74, 6) is 0.235. The van der Waals surface area contributed by atoms with Gasteiger partial charge in [-0.1, -0.05) is 38.1 Å². The molecule has 3 heteroatoms. The van der Waals surface area contributed by atoms with E-state index in [1.807, 2.05) is 12.1 Å². The molecule has 3 nitrogen and oxygen atoms in total. The molecular weight excluding hydrogens is 200 g/mol. The summed E-state index contributed by atoms with van der Waals surface area (Å²) in [6, 6.07) is 8.14. The van der Waals surface area contributed by atoms with Gasteiger partial charge in [0.1, 0.15) is 0 Å². The van der Waals surface area contributed by atoms with Crippen LogP contribution in [0.4, 0.5) is 0 Å². The Hall–Kier alpha value is -1.35. The summed E-state index contributed by atoms with van der Waals surface area (Å²) in [4.78, 5) is 11.4. The van der Waals surface area contributed by atoms with Crippen LogP contribution < -0.4 is 11.1 Å². The molecule has 16 heavy (non-hydrogen) atoms. The Bertz CT molecular complexity index is 361. The van der Waals surface area contributed by atoms with Crippen molar-refractivity contribution in [1.29, 1.82) is 0 Å². The van der Waals surface area contributed by atoms with E-state index in [2.05, 4.69) is 38.2 Å². The highest BCUT2D eigenvalue weighted by Gasteiger charge is 2.18. The lowest BCUT2D eigenvalue weighted by atomic mass is 9.92. The molecule has 0 saturated carbocycles. The number of rotatable bonds is 4. The molecule has 0 aromatic heterocycles. The monoisotopic (exact) mass is 220 g/mol. The highest BCUT2D eigenvalue weighted by molar-refractivity contribution is 5.78. The predicted molar refractivity (Wildman–Crippen MR) is 66.0 cm³/mol. The molecule has 0 fully saturated rings. The van der Waals surface area contributed by atoms with Crippen molar-refractivity contribution in [1.82, 2.24) is 5.32 Å². The van der Waals surface area contributed by atoms with Gasteiger partial charge < -0.3 is 11.1 Å². The average Bonchev–Trinajstić information content (AvgIpc) is 2.26. The van der Waals surface area contributed by atoms with Crippen LogP contribution in [0.15, 0.2) is 24.3 Å². The zero-order valence-corrected chi connectivity index (χ0v) is 10.2. The summed E-state index contributed by atoms with van der Waals surface area (Å²) in [6.45, 7) is 6.27. The Labute approximate surface area is 97.0 Å². The van der Waals surface area contributed by atoms with Crippen LogP contribution in [-0.2, 0) is 4.79 Å². The zero-order valence-electron chi connectivity index (χ0n) is 10.2. The molecule has 1 atom stereocenters. The van der Waals surface area contributed by atoms with E-state index in [9.17, 15) is 4.79 Å². The van der Waals surface area contributed by atoms with Crippen LogP contribution >= 0.6 is 0 Å². The SMILES string of the molecule is Cc1ccccc1C(NC(=O)CN)C(C)C. The van der Waals surface area contributed by atoms with Crippen LogP contribution in [-0.4, -0.2) is 12.5 Å². The summed E-state index contributed by atoms with van der Waals surface area (Å²) in [7, 11) is 0. The van der Waals surface area contributed by atoms with Gasteiger partial charge in [-0.2, -0.15) is 0 Å². The van der Waals surface area contributed by atoms with E-state index >= 15 is 0 Å². The normalized spacial score (nSPS) is 12.6. The van der Waals surface area contributed by atoms with Gasteiger partial charge in [0.25, 0.3) is 0 Å². The van der Waals surface area contributed by atoms with E-state index in [-0.39, 0.29) is 18.5 Å². The summed E-state index contributed by atoms with van der Waals surface area (Å²) in [5, 5.41) is 2.96.